The third-order valence-electron chi connectivity index (χ3n) is 3.89. The molecular weight excluding hydrogens is 254 g/mol. The van der Waals surface area contributed by atoms with Crippen LogP contribution in [0.5, 0.6) is 5.75 Å². The van der Waals surface area contributed by atoms with E-state index in [4.69, 9.17) is 4.74 Å². The number of carbonyl (C=O) groups is 1. The van der Waals surface area contributed by atoms with Gasteiger partial charge in [-0.05, 0) is 36.1 Å². The molecule has 108 valence electrons. The lowest BCUT2D eigenvalue weighted by Crippen LogP contribution is -2.38. The monoisotopic (exact) mass is 275 g/mol. The van der Waals surface area contributed by atoms with Crippen molar-refractivity contribution >= 4 is 12.0 Å². The molecule has 20 heavy (non-hydrogen) atoms. The summed E-state index contributed by atoms with van der Waals surface area (Å²) >= 11 is 0. The van der Waals surface area contributed by atoms with E-state index < -0.39 is 0 Å². The zero-order valence-electron chi connectivity index (χ0n) is 12.0. The molecule has 0 bridgehead atoms. The van der Waals surface area contributed by atoms with E-state index in [9.17, 15) is 9.90 Å². The Morgan fingerprint density at radius 2 is 2.15 bits per heavy atom. The van der Waals surface area contributed by atoms with Gasteiger partial charge in [0.1, 0.15) is 5.75 Å². The summed E-state index contributed by atoms with van der Waals surface area (Å²) in [5.74, 6) is 1.12. The van der Waals surface area contributed by atoms with Crippen LogP contribution in [0.1, 0.15) is 18.9 Å². The highest BCUT2D eigenvalue weighted by Crippen LogP contribution is 2.23. The van der Waals surface area contributed by atoms with Gasteiger partial charge in [-0.15, -0.1) is 0 Å². The number of ether oxygens (including phenoxy) is 1. The normalized spacial score (nSPS) is 22.4. The standard InChI is InChI=1S/C16H21NO3/c1-12-9-10-17(15(12)11-18)16(19)8-5-13-3-6-14(20-2)7-4-13/h3-8,12,15,18H,9-11H2,1-2H3/b8-5+. The van der Waals surface area contributed by atoms with Gasteiger partial charge in [0.15, 0.2) is 0 Å². The molecule has 2 atom stereocenters. The van der Waals surface area contributed by atoms with Crippen LogP contribution >= 0.6 is 0 Å². The van der Waals surface area contributed by atoms with Crippen LogP contribution in [0.15, 0.2) is 30.3 Å². The number of likely N-dealkylation sites (tertiary alicyclic amines) is 1. The molecule has 1 aliphatic heterocycles. The van der Waals surface area contributed by atoms with Gasteiger partial charge < -0.3 is 14.7 Å². The van der Waals surface area contributed by atoms with Gasteiger partial charge in [0.25, 0.3) is 0 Å². The van der Waals surface area contributed by atoms with E-state index in [0.29, 0.717) is 5.92 Å². The Balaban J connectivity index is 2.01. The summed E-state index contributed by atoms with van der Waals surface area (Å²) in [5, 5.41) is 9.37. The molecule has 2 unspecified atom stereocenters. The number of hydrogen-bond acceptors (Lipinski definition) is 3. The first-order chi connectivity index (χ1) is 9.65. The summed E-state index contributed by atoms with van der Waals surface area (Å²) in [5.41, 5.74) is 0.951. The van der Waals surface area contributed by atoms with E-state index in [1.807, 2.05) is 24.3 Å². The van der Waals surface area contributed by atoms with Crippen LogP contribution in [0.2, 0.25) is 0 Å². The Morgan fingerprint density at radius 1 is 1.45 bits per heavy atom. The summed E-state index contributed by atoms with van der Waals surface area (Å²) in [7, 11) is 1.62. The Morgan fingerprint density at radius 3 is 2.75 bits per heavy atom. The van der Waals surface area contributed by atoms with Crippen LogP contribution in [0.3, 0.4) is 0 Å². The first-order valence-corrected chi connectivity index (χ1v) is 6.89. The zero-order valence-corrected chi connectivity index (χ0v) is 12.0. The van der Waals surface area contributed by atoms with E-state index in [0.717, 1.165) is 24.3 Å². The van der Waals surface area contributed by atoms with Gasteiger partial charge in [-0.2, -0.15) is 0 Å². The number of aliphatic hydroxyl groups excluding tert-OH is 1. The molecule has 1 aromatic rings. The number of benzene rings is 1. The lowest BCUT2D eigenvalue weighted by Gasteiger charge is -2.23. The second-order valence-corrected chi connectivity index (χ2v) is 5.15. The average Bonchev–Trinajstić information content (AvgIpc) is 2.86. The fourth-order valence-electron chi connectivity index (χ4n) is 2.54. The van der Waals surface area contributed by atoms with Crippen LogP contribution < -0.4 is 4.74 Å². The maximum absolute atomic E-state index is 12.2. The molecule has 0 spiro atoms. The topological polar surface area (TPSA) is 49.8 Å². The minimum Gasteiger partial charge on any atom is -0.497 e. The molecule has 0 aliphatic carbocycles. The minimum atomic E-state index is -0.0528. The predicted octanol–water partition coefficient (Wildman–Crippen LogP) is 1.94. The average molecular weight is 275 g/mol. The van der Waals surface area contributed by atoms with E-state index in [1.54, 1.807) is 24.2 Å². The highest BCUT2D eigenvalue weighted by atomic mass is 16.5. The SMILES string of the molecule is COc1ccc(/C=C/C(=O)N2CCC(C)C2CO)cc1. The first-order valence-electron chi connectivity index (χ1n) is 6.89. The number of carbonyl (C=O) groups excluding carboxylic acids is 1. The molecule has 4 nitrogen and oxygen atoms in total. The molecule has 2 rings (SSSR count). The lowest BCUT2D eigenvalue weighted by atomic mass is 10.0. The second kappa shape index (κ2) is 6.57. The fourth-order valence-corrected chi connectivity index (χ4v) is 2.54. The van der Waals surface area contributed by atoms with Crippen LogP contribution in [0, 0.1) is 5.92 Å². The molecule has 0 radical (unpaired) electrons. The number of amides is 1. The molecule has 1 saturated heterocycles. The summed E-state index contributed by atoms with van der Waals surface area (Å²) in [6, 6.07) is 7.47. The summed E-state index contributed by atoms with van der Waals surface area (Å²) < 4.78 is 5.09. The van der Waals surface area contributed by atoms with Gasteiger partial charge in [-0.25, -0.2) is 0 Å². The maximum Gasteiger partial charge on any atom is 0.246 e. The van der Waals surface area contributed by atoms with Gasteiger partial charge >= 0.3 is 0 Å². The second-order valence-electron chi connectivity index (χ2n) is 5.15. The number of rotatable bonds is 4. The molecule has 0 aromatic heterocycles. The van der Waals surface area contributed by atoms with Crippen molar-refractivity contribution in [3.63, 3.8) is 0 Å². The fraction of sp³-hybridized carbons (Fsp3) is 0.438. The van der Waals surface area contributed by atoms with Crippen LogP contribution in [-0.2, 0) is 4.79 Å². The Labute approximate surface area is 119 Å². The van der Waals surface area contributed by atoms with Gasteiger partial charge in [0.2, 0.25) is 5.91 Å². The Hall–Kier alpha value is -1.81. The van der Waals surface area contributed by atoms with Gasteiger partial charge in [-0.1, -0.05) is 19.1 Å². The highest BCUT2D eigenvalue weighted by Gasteiger charge is 2.32. The van der Waals surface area contributed by atoms with Crippen LogP contribution in [0.25, 0.3) is 6.08 Å². The molecular formula is C16H21NO3. The van der Waals surface area contributed by atoms with Gasteiger partial charge in [0.05, 0.1) is 19.8 Å². The van der Waals surface area contributed by atoms with E-state index >= 15 is 0 Å². The molecule has 1 aliphatic rings. The van der Waals surface area contributed by atoms with Crippen LogP contribution in [-0.4, -0.2) is 42.2 Å². The molecule has 1 amide bonds. The number of nitrogens with zero attached hydrogens (tertiary/aromatic N) is 1. The molecule has 1 N–H and O–H groups in total. The van der Waals surface area contributed by atoms with Crippen molar-refractivity contribution in [3.8, 4) is 5.75 Å². The summed E-state index contributed by atoms with van der Waals surface area (Å²) in [6.45, 7) is 2.82. The molecule has 1 aromatic carbocycles. The third-order valence-corrected chi connectivity index (χ3v) is 3.89. The molecule has 1 heterocycles. The molecule has 1 fully saturated rings. The number of methoxy groups -OCH3 is 1. The van der Waals surface area contributed by atoms with Gasteiger partial charge in [0, 0.05) is 12.6 Å². The molecule has 4 heteroatoms. The zero-order chi connectivity index (χ0) is 14.5. The largest absolute Gasteiger partial charge is 0.497 e. The minimum absolute atomic E-state index is 0.0310. The van der Waals surface area contributed by atoms with E-state index in [2.05, 4.69) is 6.92 Å². The Bertz CT molecular complexity index is 481. The van der Waals surface area contributed by atoms with Crippen molar-refractivity contribution < 1.29 is 14.6 Å². The summed E-state index contributed by atoms with van der Waals surface area (Å²) in [4.78, 5) is 13.9. The maximum atomic E-state index is 12.2. The van der Waals surface area contributed by atoms with Crippen molar-refractivity contribution in [3.05, 3.63) is 35.9 Å². The number of hydrogen-bond donors (Lipinski definition) is 1. The lowest BCUT2D eigenvalue weighted by molar-refractivity contribution is -0.127. The summed E-state index contributed by atoms with van der Waals surface area (Å²) in [6.07, 6.45) is 4.31. The van der Waals surface area contributed by atoms with E-state index in [-0.39, 0.29) is 18.6 Å². The van der Waals surface area contributed by atoms with Crippen LogP contribution in [0.4, 0.5) is 0 Å². The van der Waals surface area contributed by atoms with E-state index in [1.165, 1.54) is 0 Å². The van der Waals surface area contributed by atoms with Crippen molar-refractivity contribution in [2.24, 2.45) is 5.92 Å². The smallest absolute Gasteiger partial charge is 0.246 e. The molecule has 0 saturated carbocycles. The van der Waals surface area contributed by atoms with Crippen molar-refractivity contribution in [1.29, 1.82) is 0 Å². The van der Waals surface area contributed by atoms with Crippen molar-refractivity contribution in [1.82, 2.24) is 4.90 Å². The third kappa shape index (κ3) is 3.20. The Kier molecular flexibility index (Phi) is 4.79. The predicted molar refractivity (Wildman–Crippen MR) is 78.4 cm³/mol. The van der Waals surface area contributed by atoms with Crippen molar-refractivity contribution in [2.45, 2.75) is 19.4 Å². The quantitative estimate of drug-likeness (QED) is 0.854. The number of aliphatic hydroxyl groups is 1. The van der Waals surface area contributed by atoms with Crippen molar-refractivity contribution in [2.75, 3.05) is 20.3 Å². The highest BCUT2D eigenvalue weighted by molar-refractivity contribution is 5.92. The first kappa shape index (κ1) is 14.6. The van der Waals surface area contributed by atoms with Gasteiger partial charge in [-0.3, -0.25) is 4.79 Å².